The first kappa shape index (κ1) is 27.1. The Bertz CT molecular complexity index is 665. The summed E-state index contributed by atoms with van der Waals surface area (Å²) in [5, 5.41) is 18.6. The number of methoxy groups -OCH3 is 2. The molecule has 0 fully saturated rings. The summed E-state index contributed by atoms with van der Waals surface area (Å²) in [6, 6.07) is 10.6. The van der Waals surface area contributed by atoms with Gasteiger partial charge in [-0.1, -0.05) is 39.8 Å². The molecule has 0 aliphatic carbocycles. The average Bonchev–Trinajstić information content (AvgIpc) is 2.60. The largest absolute Gasteiger partial charge is 0.508 e. The second-order valence-corrected chi connectivity index (χ2v) is 12.8. The van der Waals surface area contributed by atoms with Gasteiger partial charge in [0.2, 0.25) is 0 Å². The third-order valence-corrected chi connectivity index (χ3v) is 3.68. The van der Waals surface area contributed by atoms with E-state index in [1.807, 2.05) is 32.0 Å². The number of ether oxygens (including phenoxy) is 2. The summed E-state index contributed by atoms with van der Waals surface area (Å²) in [6.45, 7) is 8.10. The smallest absolute Gasteiger partial charge is 0.369 e. The van der Waals surface area contributed by atoms with Crippen molar-refractivity contribution in [1.29, 1.82) is 0 Å². The molecule has 0 radical (unpaired) electrons. The molecule has 0 amide bonds. The first-order valence-corrected chi connectivity index (χ1v) is 11.4. The number of phenols is 2. The first-order valence-electron chi connectivity index (χ1n) is 8.70. The zero-order valence-corrected chi connectivity index (χ0v) is 21.8. The molecule has 2 aromatic rings. The van der Waals surface area contributed by atoms with Crippen molar-refractivity contribution in [3.05, 3.63) is 47.5 Å². The molecule has 0 bridgehead atoms. The SMILES string of the molecule is BrB(Br)Br.CC(C)c1c(O)cccc1O.COc1cccc(OC)c1C(C)C. The second-order valence-electron chi connectivity index (χ2n) is 6.34. The Morgan fingerprint density at radius 1 is 0.714 bits per heavy atom. The highest BCUT2D eigenvalue weighted by Gasteiger charge is 2.12. The Morgan fingerprint density at radius 2 is 1.04 bits per heavy atom. The molecule has 0 atom stereocenters. The monoisotopic (exact) mass is 580 g/mol. The van der Waals surface area contributed by atoms with Gasteiger partial charge in [0.05, 0.1) is 14.2 Å². The van der Waals surface area contributed by atoms with Gasteiger partial charge in [-0.15, -0.1) is 47.3 Å². The van der Waals surface area contributed by atoms with Crippen molar-refractivity contribution in [1.82, 2.24) is 0 Å². The zero-order valence-electron chi connectivity index (χ0n) is 17.0. The maximum Gasteiger partial charge on any atom is 0.369 e. The van der Waals surface area contributed by atoms with Gasteiger partial charge in [0.1, 0.15) is 23.0 Å². The van der Waals surface area contributed by atoms with E-state index >= 15 is 0 Å². The third kappa shape index (κ3) is 9.57. The van der Waals surface area contributed by atoms with Crippen LogP contribution in [0.4, 0.5) is 0 Å². The van der Waals surface area contributed by atoms with Crippen LogP contribution in [0.2, 0.25) is 0 Å². The standard InChI is InChI=1S/C11H16O2.C9H12O2.BBr3/c1-8(2)11-9(12-3)6-5-7-10(11)13-4;1-6(2)9-7(10)4-3-5-8(9)11;2-1(3)4/h5-8H,1-4H3;3-6,10-11H,1-2H3;. The Kier molecular flexibility index (Phi) is 13.7. The molecular weight excluding hydrogens is 555 g/mol. The van der Waals surface area contributed by atoms with E-state index in [4.69, 9.17) is 9.47 Å². The molecule has 156 valence electrons. The quantitative estimate of drug-likeness (QED) is 0.374. The number of rotatable bonds is 4. The van der Waals surface area contributed by atoms with Crippen LogP contribution >= 0.6 is 47.3 Å². The molecule has 0 spiro atoms. The third-order valence-electron chi connectivity index (χ3n) is 3.68. The van der Waals surface area contributed by atoms with E-state index in [-0.39, 0.29) is 20.6 Å². The molecule has 2 rings (SSSR count). The number of aromatic hydroxyl groups is 2. The topological polar surface area (TPSA) is 58.9 Å². The van der Waals surface area contributed by atoms with Crippen LogP contribution in [0.15, 0.2) is 36.4 Å². The van der Waals surface area contributed by atoms with Crippen LogP contribution in [-0.4, -0.2) is 27.6 Å². The summed E-state index contributed by atoms with van der Waals surface area (Å²) in [6.07, 6.45) is 0. The number of hydrogen-bond donors (Lipinski definition) is 2. The first-order chi connectivity index (χ1) is 13.1. The van der Waals surface area contributed by atoms with Gasteiger partial charge in [-0.05, 0) is 36.1 Å². The number of phenolic OH excluding ortho intramolecular Hbond substituents is 2. The van der Waals surface area contributed by atoms with E-state index in [0.717, 1.165) is 17.1 Å². The van der Waals surface area contributed by atoms with Crippen molar-refractivity contribution in [3.63, 3.8) is 0 Å². The summed E-state index contributed by atoms with van der Waals surface area (Å²) >= 11 is 9.31. The van der Waals surface area contributed by atoms with Gasteiger partial charge in [0.25, 0.3) is 0 Å². The van der Waals surface area contributed by atoms with Gasteiger partial charge in [0, 0.05) is 11.1 Å². The lowest BCUT2D eigenvalue weighted by Crippen LogP contribution is -1.98. The van der Waals surface area contributed by atoms with Gasteiger partial charge < -0.3 is 19.7 Å². The van der Waals surface area contributed by atoms with Crippen molar-refractivity contribution in [2.24, 2.45) is 0 Å². The molecule has 8 heteroatoms. The van der Waals surface area contributed by atoms with E-state index in [1.54, 1.807) is 32.4 Å². The molecule has 28 heavy (non-hydrogen) atoms. The summed E-state index contributed by atoms with van der Waals surface area (Å²) in [5.74, 6) is 2.69. The van der Waals surface area contributed by atoms with Crippen molar-refractivity contribution < 1.29 is 19.7 Å². The van der Waals surface area contributed by atoms with Gasteiger partial charge in [-0.3, -0.25) is 0 Å². The number of hydrogen-bond acceptors (Lipinski definition) is 4. The minimum Gasteiger partial charge on any atom is -0.508 e. The van der Waals surface area contributed by atoms with Crippen molar-refractivity contribution in [2.45, 2.75) is 39.5 Å². The molecule has 2 N–H and O–H groups in total. The lowest BCUT2D eigenvalue weighted by atomic mass is 10.0. The van der Waals surface area contributed by atoms with E-state index in [2.05, 4.69) is 61.1 Å². The highest BCUT2D eigenvalue weighted by molar-refractivity contribution is 9.69. The Labute approximate surface area is 193 Å². The zero-order chi connectivity index (χ0) is 21.9. The summed E-state index contributed by atoms with van der Waals surface area (Å²) < 4.78 is 10.8. The predicted octanol–water partition coefficient (Wildman–Crippen LogP) is 7.20. The van der Waals surface area contributed by atoms with Crippen LogP contribution < -0.4 is 9.47 Å². The fourth-order valence-corrected chi connectivity index (χ4v) is 2.58. The lowest BCUT2D eigenvalue weighted by Gasteiger charge is -2.15. The summed E-state index contributed by atoms with van der Waals surface area (Å²) in [4.78, 5) is 0. The van der Waals surface area contributed by atoms with E-state index < -0.39 is 0 Å². The minimum atomic E-state index is 0.149. The molecule has 0 aliphatic heterocycles. The molecule has 0 saturated heterocycles. The van der Waals surface area contributed by atoms with Gasteiger partial charge >= 0.3 is 3.18 Å². The van der Waals surface area contributed by atoms with E-state index in [0.29, 0.717) is 11.5 Å². The molecular formula is C20H28BBr3O4. The molecule has 0 saturated carbocycles. The average molecular weight is 583 g/mol. The number of benzene rings is 2. The van der Waals surface area contributed by atoms with Crippen molar-refractivity contribution in [2.75, 3.05) is 14.2 Å². The molecule has 0 unspecified atom stereocenters. The van der Waals surface area contributed by atoms with Crippen LogP contribution in [0.25, 0.3) is 0 Å². The molecule has 2 aromatic carbocycles. The van der Waals surface area contributed by atoms with Crippen LogP contribution in [0.1, 0.15) is 50.7 Å². The second kappa shape index (κ2) is 14.2. The fraction of sp³-hybridized carbons (Fsp3) is 0.400. The Hall–Kier alpha value is -0.855. The Morgan fingerprint density at radius 3 is 1.29 bits per heavy atom. The fourth-order valence-electron chi connectivity index (χ4n) is 2.58. The van der Waals surface area contributed by atoms with Gasteiger partial charge in [-0.25, -0.2) is 0 Å². The van der Waals surface area contributed by atoms with Crippen LogP contribution in [-0.2, 0) is 0 Å². The predicted molar refractivity (Wildman–Crippen MR) is 130 cm³/mol. The summed E-state index contributed by atoms with van der Waals surface area (Å²) in [7, 11) is 3.36. The van der Waals surface area contributed by atoms with E-state index in [9.17, 15) is 10.2 Å². The lowest BCUT2D eigenvalue weighted by molar-refractivity contribution is 0.382. The highest BCUT2D eigenvalue weighted by Crippen LogP contribution is 2.34. The Balaban J connectivity index is 0.000000442. The number of halogens is 3. The van der Waals surface area contributed by atoms with Gasteiger partial charge in [-0.2, -0.15) is 0 Å². The maximum atomic E-state index is 9.30. The van der Waals surface area contributed by atoms with Crippen LogP contribution in [0.5, 0.6) is 23.0 Å². The highest BCUT2D eigenvalue weighted by atomic mass is 79.9. The van der Waals surface area contributed by atoms with Crippen molar-refractivity contribution in [3.8, 4) is 23.0 Å². The molecule has 0 aliphatic rings. The van der Waals surface area contributed by atoms with Crippen LogP contribution in [0.3, 0.4) is 0 Å². The summed E-state index contributed by atoms with van der Waals surface area (Å²) in [5.41, 5.74) is 1.75. The van der Waals surface area contributed by atoms with E-state index in [1.165, 1.54) is 0 Å². The van der Waals surface area contributed by atoms with Gasteiger partial charge in [0.15, 0.2) is 0 Å². The van der Waals surface area contributed by atoms with Crippen molar-refractivity contribution >= 4 is 50.5 Å². The molecule has 0 heterocycles. The van der Waals surface area contributed by atoms with Crippen LogP contribution in [0, 0.1) is 0 Å². The normalized spacial score (nSPS) is 9.82. The molecule has 0 aromatic heterocycles. The maximum absolute atomic E-state index is 9.30. The minimum absolute atomic E-state index is 0.149. The molecule has 4 nitrogen and oxygen atoms in total.